The summed E-state index contributed by atoms with van der Waals surface area (Å²) in [6, 6.07) is 27.0. The molecule has 0 saturated carbocycles. The monoisotopic (exact) mass is 675 g/mol. The smallest absolute Gasteiger partial charge is 0.250 e. The van der Waals surface area contributed by atoms with E-state index in [9.17, 15) is 4.79 Å². The van der Waals surface area contributed by atoms with Gasteiger partial charge < -0.3 is 18.8 Å². The average Bonchev–Trinajstić information content (AvgIpc) is 3.13. The molecular weight excluding hydrogens is 638 g/mol. The fraction of sp³-hybridized carbons (Fsp3) is 0.175. The molecule has 9 heteroatoms. The van der Waals surface area contributed by atoms with Crippen LogP contribution in [-0.2, 0) is 17.9 Å². The van der Waals surface area contributed by atoms with Crippen molar-refractivity contribution in [3.05, 3.63) is 161 Å². The normalized spacial score (nSPS) is 11.9. The van der Waals surface area contributed by atoms with Gasteiger partial charge in [0.15, 0.2) is 16.7 Å². The lowest BCUT2D eigenvalue weighted by Gasteiger charge is -2.19. The second kappa shape index (κ2) is 17.2. The Labute approximate surface area is 290 Å². The Balaban J connectivity index is 1.43. The molecule has 250 valence electrons. The number of methoxy groups -OCH3 is 2. The molecule has 3 aromatic carbocycles. The van der Waals surface area contributed by atoms with Crippen LogP contribution in [0.15, 0.2) is 144 Å². The Morgan fingerprint density at radius 3 is 2.39 bits per heavy atom. The average molecular weight is 676 g/mol. The molecule has 1 atom stereocenters. The summed E-state index contributed by atoms with van der Waals surface area (Å²) in [5.41, 5.74) is 4.73. The van der Waals surface area contributed by atoms with Crippen molar-refractivity contribution in [1.29, 1.82) is 0 Å². The molecule has 49 heavy (non-hydrogen) atoms. The first-order valence-electron chi connectivity index (χ1n) is 15.7. The number of aromatic nitrogens is 3. The van der Waals surface area contributed by atoms with E-state index in [4.69, 9.17) is 24.2 Å². The van der Waals surface area contributed by atoms with Crippen molar-refractivity contribution in [3.63, 3.8) is 0 Å². The molecular formula is C40H38FN3O4S. The summed E-state index contributed by atoms with van der Waals surface area (Å²) in [5, 5.41) is 0.475. The molecule has 1 unspecified atom stereocenters. The molecule has 0 saturated heterocycles. The Morgan fingerprint density at radius 1 is 0.898 bits per heavy atom. The summed E-state index contributed by atoms with van der Waals surface area (Å²) in [6.07, 6.45) is 7.56. The van der Waals surface area contributed by atoms with Crippen molar-refractivity contribution >= 4 is 11.8 Å². The van der Waals surface area contributed by atoms with E-state index in [1.165, 1.54) is 23.9 Å². The minimum Gasteiger partial charge on any atom is -0.493 e. The number of halogens is 1. The summed E-state index contributed by atoms with van der Waals surface area (Å²) < 4.78 is 33.8. The minimum absolute atomic E-state index is 0.177. The Morgan fingerprint density at radius 2 is 1.65 bits per heavy atom. The predicted octanol–water partition coefficient (Wildman–Crippen LogP) is 8.54. The quantitative estimate of drug-likeness (QED) is 0.0590. The molecule has 2 aromatic heterocycles. The van der Waals surface area contributed by atoms with Gasteiger partial charge in [0.25, 0.3) is 5.56 Å². The van der Waals surface area contributed by atoms with E-state index < -0.39 is 0 Å². The summed E-state index contributed by atoms with van der Waals surface area (Å²) in [6.45, 7) is 8.57. The lowest BCUT2D eigenvalue weighted by Crippen LogP contribution is -2.19. The number of hydrogen-bond donors (Lipinski definition) is 0. The number of allylic oxidation sites excluding steroid dienone is 2. The Bertz CT molecular complexity index is 1990. The van der Waals surface area contributed by atoms with Crippen LogP contribution >= 0.6 is 11.8 Å². The minimum atomic E-state index is -0.388. The molecule has 0 bridgehead atoms. The molecule has 2 heterocycles. The second-order valence-electron chi connectivity index (χ2n) is 11.0. The molecule has 5 rings (SSSR count). The number of nitrogens with zero attached hydrogens (tertiary/aromatic N) is 3. The SMILES string of the molecule is C=C/C=C(\C=C)C(CCSc1nc(-c2ccc(=O)n(Cc3ccc(OC)c(OC)c3)c2)cc(-c2ccccc2F)n1)OCc1ccccc1. The fourth-order valence-electron chi connectivity index (χ4n) is 5.24. The maximum atomic E-state index is 15.0. The zero-order valence-corrected chi connectivity index (χ0v) is 28.4. The fourth-order valence-corrected chi connectivity index (χ4v) is 6.08. The third-order valence-corrected chi connectivity index (χ3v) is 8.64. The maximum absolute atomic E-state index is 15.0. The van der Waals surface area contributed by atoms with Gasteiger partial charge in [0.05, 0.1) is 44.9 Å². The van der Waals surface area contributed by atoms with E-state index in [2.05, 4.69) is 13.2 Å². The number of thioether (sulfide) groups is 1. The Hall–Kier alpha value is -5.25. The number of rotatable bonds is 16. The molecule has 0 N–H and O–H groups in total. The first kappa shape index (κ1) is 35.1. The predicted molar refractivity (Wildman–Crippen MR) is 195 cm³/mol. The van der Waals surface area contributed by atoms with E-state index in [0.29, 0.717) is 64.5 Å². The standard InChI is InChI=1S/C40H38FN3O4S/c1-5-12-30(6-2)36(48-27-28-13-8-7-9-14-28)21-22-49-40-42-34(24-35(43-40)32-15-10-11-16-33(32)41)31-18-20-39(45)44(26-31)25-29-17-19-37(46-3)38(23-29)47-4/h5-20,23-24,26,36H,1-2,21-22,25,27H2,3-4H3/b30-12+. The van der Waals surface area contributed by atoms with E-state index in [1.807, 2.05) is 48.5 Å². The van der Waals surface area contributed by atoms with Crippen molar-refractivity contribution in [2.45, 2.75) is 30.8 Å². The van der Waals surface area contributed by atoms with Crippen molar-refractivity contribution in [2.75, 3.05) is 20.0 Å². The first-order chi connectivity index (χ1) is 23.9. The molecule has 5 aromatic rings. The van der Waals surface area contributed by atoms with Crippen molar-refractivity contribution in [3.8, 4) is 34.0 Å². The third-order valence-electron chi connectivity index (χ3n) is 7.76. The van der Waals surface area contributed by atoms with E-state index in [-0.39, 0.29) is 17.5 Å². The molecule has 0 aliphatic rings. The largest absolute Gasteiger partial charge is 0.493 e. The van der Waals surface area contributed by atoms with Crippen LogP contribution < -0.4 is 15.0 Å². The zero-order valence-electron chi connectivity index (χ0n) is 27.6. The van der Waals surface area contributed by atoms with Crippen LogP contribution in [0.5, 0.6) is 11.5 Å². The van der Waals surface area contributed by atoms with Crippen LogP contribution in [-0.4, -0.2) is 40.6 Å². The van der Waals surface area contributed by atoms with Gasteiger partial charge in [-0.15, -0.1) is 0 Å². The van der Waals surface area contributed by atoms with Crippen LogP contribution in [0.25, 0.3) is 22.5 Å². The van der Waals surface area contributed by atoms with Gasteiger partial charge in [-0.2, -0.15) is 0 Å². The van der Waals surface area contributed by atoms with Gasteiger partial charge >= 0.3 is 0 Å². The topological polar surface area (TPSA) is 75.5 Å². The second-order valence-corrected chi connectivity index (χ2v) is 12.1. The van der Waals surface area contributed by atoms with Gasteiger partial charge in [0, 0.05) is 29.1 Å². The van der Waals surface area contributed by atoms with Gasteiger partial charge in [0.2, 0.25) is 0 Å². The van der Waals surface area contributed by atoms with E-state index in [0.717, 1.165) is 16.7 Å². The lowest BCUT2D eigenvalue weighted by atomic mass is 10.1. The number of ether oxygens (including phenoxy) is 3. The summed E-state index contributed by atoms with van der Waals surface area (Å²) in [5.74, 6) is 1.40. The van der Waals surface area contributed by atoms with Crippen molar-refractivity contribution in [1.82, 2.24) is 14.5 Å². The lowest BCUT2D eigenvalue weighted by molar-refractivity contribution is 0.0650. The number of benzene rings is 3. The molecule has 0 aliphatic heterocycles. The third kappa shape index (κ3) is 9.22. The molecule has 0 aliphatic carbocycles. The van der Waals surface area contributed by atoms with Crippen LogP contribution in [0.4, 0.5) is 4.39 Å². The summed E-state index contributed by atoms with van der Waals surface area (Å²) in [7, 11) is 3.15. The maximum Gasteiger partial charge on any atom is 0.250 e. The van der Waals surface area contributed by atoms with Crippen LogP contribution in [0, 0.1) is 5.82 Å². The summed E-state index contributed by atoms with van der Waals surface area (Å²) >= 11 is 1.45. The zero-order chi connectivity index (χ0) is 34.6. The van der Waals surface area contributed by atoms with E-state index >= 15 is 4.39 Å². The summed E-state index contributed by atoms with van der Waals surface area (Å²) in [4.78, 5) is 22.6. The van der Waals surface area contributed by atoms with Gasteiger partial charge in [-0.05, 0) is 59.5 Å². The highest BCUT2D eigenvalue weighted by Crippen LogP contribution is 2.30. The van der Waals surface area contributed by atoms with Crippen molar-refractivity contribution < 1.29 is 18.6 Å². The van der Waals surface area contributed by atoms with Crippen LogP contribution in [0.1, 0.15) is 17.5 Å². The first-order valence-corrected chi connectivity index (χ1v) is 16.7. The molecule has 0 fully saturated rings. The van der Waals surface area contributed by atoms with Crippen LogP contribution in [0.3, 0.4) is 0 Å². The Kier molecular flexibility index (Phi) is 12.3. The molecule has 0 amide bonds. The van der Waals surface area contributed by atoms with Gasteiger partial charge in [-0.1, -0.05) is 91.7 Å². The molecule has 0 spiro atoms. The van der Waals surface area contributed by atoms with Crippen molar-refractivity contribution in [2.24, 2.45) is 0 Å². The molecule has 7 nitrogen and oxygen atoms in total. The van der Waals surface area contributed by atoms with Gasteiger partial charge in [-0.3, -0.25) is 4.79 Å². The van der Waals surface area contributed by atoms with Crippen LogP contribution in [0.2, 0.25) is 0 Å². The highest BCUT2D eigenvalue weighted by molar-refractivity contribution is 7.99. The van der Waals surface area contributed by atoms with Gasteiger partial charge in [0.1, 0.15) is 5.82 Å². The number of hydrogen-bond acceptors (Lipinski definition) is 7. The molecule has 0 radical (unpaired) electrons. The van der Waals surface area contributed by atoms with Gasteiger partial charge in [-0.25, -0.2) is 14.4 Å². The number of pyridine rings is 1. The highest BCUT2D eigenvalue weighted by Gasteiger charge is 2.17. The van der Waals surface area contributed by atoms with E-state index in [1.54, 1.807) is 73.5 Å². The highest BCUT2D eigenvalue weighted by atomic mass is 32.2.